The number of aliphatic hydroxyl groups excluding tert-OH is 1. The second kappa shape index (κ2) is 5.31. The number of thiazole rings is 1. The van der Waals surface area contributed by atoms with Gasteiger partial charge < -0.3 is 20.3 Å². The minimum atomic E-state index is -0.569. The molecule has 0 unspecified atom stereocenters. The quantitative estimate of drug-likeness (QED) is 0.819. The molecule has 2 heterocycles. The zero-order valence-corrected chi connectivity index (χ0v) is 10.9. The van der Waals surface area contributed by atoms with E-state index in [1.165, 1.54) is 11.3 Å². The zero-order valence-electron chi connectivity index (χ0n) is 10.1. The molecular weight excluding hydrogens is 256 g/mol. The molecule has 1 fully saturated rings. The maximum atomic E-state index is 11.1. The number of amides is 1. The van der Waals surface area contributed by atoms with Gasteiger partial charge in [-0.25, -0.2) is 4.98 Å². The third kappa shape index (κ3) is 2.39. The smallest absolute Gasteiger partial charge is 0.268 e. The summed E-state index contributed by atoms with van der Waals surface area (Å²) in [6, 6.07) is 0. The summed E-state index contributed by atoms with van der Waals surface area (Å²) in [6.07, 6.45) is 0.205. The molecule has 0 aromatic carbocycles. The number of aromatic nitrogens is 1. The molecule has 1 amide bonds. The van der Waals surface area contributed by atoms with Crippen LogP contribution in [0.1, 0.15) is 28.8 Å². The Kier molecular flexibility index (Phi) is 3.96. The standard InChI is InChI=1S/C11H16N2O4S/c1-2-11(5-16-8(3-14)17-6-11)10-13-7(4-18-10)9(12)15/h4,8,14H,2-3,5-6H2,1H3,(H2,12,15). The number of carbonyl (C=O) groups is 1. The van der Waals surface area contributed by atoms with Crippen molar-refractivity contribution in [3.63, 3.8) is 0 Å². The largest absolute Gasteiger partial charge is 0.391 e. The van der Waals surface area contributed by atoms with Gasteiger partial charge in [-0.1, -0.05) is 6.92 Å². The molecule has 100 valence electrons. The summed E-state index contributed by atoms with van der Waals surface area (Å²) in [5, 5.41) is 11.4. The predicted octanol–water partition coefficient (Wildman–Crippen LogP) is 0.255. The van der Waals surface area contributed by atoms with Gasteiger partial charge in [-0.3, -0.25) is 4.79 Å². The molecule has 1 aliphatic heterocycles. The van der Waals surface area contributed by atoms with Crippen molar-refractivity contribution in [2.45, 2.75) is 25.0 Å². The number of nitrogens with two attached hydrogens (primary N) is 1. The first kappa shape index (κ1) is 13.4. The minimum Gasteiger partial charge on any atom is -0.391 e. The Balaban J connectivity index is 2.19. The van der Waals surface area contributed by atoms with E-state index < -0.39 is 12.2 Å². The molecule has 18 heavy (non-hydrogen) atoms. The Morgan fingerprint density at radius 2 is 2.33 bits per heavy atom. The summed E-state index contributed by atoms with van der Waals surface area (Å²) < 4.78 is 10.9. The van der Waals surface area contributed by atoms with Crippen LogP contribution in [0.5, 0.6) is 0 Å². The summed E-state index contributed by atoms with van der Waals surface area (Å²) in [7, 11) is 0. The lowest BCUT2D eigenvalue weighted by Crippen LogP contribution is -2.45. The Morgan fingerprint density at radius 1 is 1.67 bits per heavy atom. The number of rotatable bonds is 4. The minimum absolute atomic E-state index is 0.163. The van der Waals surface area contributed by atoms with Gasteiger partial charge in [0.05, 0.1) is 25.2 Å². The first-order chi connectivity index (χ1) is 8.61. The highest BCUT2D eigenvalue weighted by molar-refractivity contribution is 7.10. The number of nitrogens with zero attached hydrogens (tertiary/aromatic N) is 1. The number of primary amides is 1. The Morgan fingerprint density at radius 3 is 2.78 bits per heavy atom. The van der Waals surface area contributed by atoms with Crippen molar-refractivity contribution < 1.29 is 19.4 Å². The SMILES string of the molecule is CCC1(c2nc(C(N)=O)cs2)COC(CO)OC1. The van der Waals surface area contributed by atoms with Crippen molar-refractivity contribution in [2.75, 3.05) is 19.8 Å². The van der Waals surface area contributed by atoms with Gasteiger partial charge in [0.2, 0.25) is 0 Å². The van der Waals surface area contributed by atoms with Gasteiger partial charge in [-0.15, -0.1) is 11.3 Å². The van der Waals surface area contributed by atoms with E-state index in [2.05, 4.69) is 4.98 Å². The van der Waals surface area contributed by atoms with E-state index in [1.54, 1.807) is 5.38 Å². The van der Waals surface area contributed by atoms with E-state index >= 15 is 0 Å². The van der Waals surface area contributed by atoms with E-state index in [0.717, 1.165) is 11.4 Å². The number of aliphatic hydroxyl groups is 1. The molecule has 0 saturated carbocycles. The van der Waals surface area contributed by atoms with Gasteiger partial charge in [0, 0.05) is 5.38 Å². The lowest BCUT2D eigenvalue weighted by molar-refractivity contribution is -0.223. The Bertz CT molecular complexity index is 426. The molecule has 7 heteroatoms. The molecule has 0 bridgehead atoms. The molecule has 0 spiro atoms. The first-order valence-electron chi connectivity index (χ1n) is 5.71. The van der Waals surface area contributed by atoms with Crippen LogP contribution >= 0.6 is 11.3 Å². The molecule has 1 aromatic heterocycles. The highest BCUT2D eigenvalue weighted by Crippen LogP contribution is 2.34. The topological polar surface area (TPSA) is 94.7 Å². The summed E-state index contributed by atoms with van der Waals surface area (Å²) in [6.45, 7) is 2.68. The van der Waals surface area contributed by atoms with Gasteiger partial charge in [0.15, 0.2) is 6.29 Å². The zero-order chi connectivity index (χ0) is 13.2. The third-order valence-corrected chi connectivity index (χ3v) is 4.22. The lowest BCUT2D eigenvalue weighted by atomic mass is 9.87. The van der Waals surface area contributed by atoms with Gasteiger partial charge in [-0.05, 0) is 6.42 Å². The fourth-order valence-corrected chi connectivity index (χ4v) is 2.86. The predicted molar refractivity (Wildman–Crippen MR) is 65.4 cm³/mol. The highest BCUT2D eigenvalue weighted by atomic mass is 32.1. The highest BCUT2D eigenvalue weighted by Gasteiger charge is 2.39. The lowest BCUT2D eigenvalue weighted by Gasteiger charge is -2.37. The van der Waals surface area contributed by atoms with Crippen LogP contribution in [-0.4, -0.2) is 42.1 Å². The molecular formula is C11H16N2O4S. The van der Waals surface area contributed by atoms with Crippen LogP contribution in [0.15, 0.2) is 5.38 Å². The van der Waals surface area contributed by atoms with Crippen LogP contribution in [0.4, 0.5) is 0 Å². The second-order valence-electron chi connectivity index (χ2n) is 4.27. The number of hydrogen-bond acceptors (Lipinski definition) is 6. The van der Waals surface area contributed by atoms with E-state index in [9.17, 15) is 4.79 Å². The van der Waals surface area contributed by atoms with Crippen molar-refractivity contribution in [3.05, 3.63) is 16.1 Å². The molecule has 1 aromatic rings. The van der Waals surface area contributed by atoms with Gasteiger partial charge in [-0.2, -0.15) is 0 Å². The molecule has 1 aliphatic rings. The summed E-state index contributed by atoms with van der Waals surface area (Å²) in [4.78, 5) is 15.3. The van der Waals surface area contributed by atoms with E-state index in [0.29, 0.717) is 13.2 Å². The Hall–Kier alpha value is -1.02. The van der Waals surface area contributed by atoms with E-state index in [1.807, 2.05) is 6.92 Å². The molecule has 1 saturated heterocycles. The second-order valence-corrected chi connectivity index (χ2v) is 5.13. The fraction of sp³-hybridized carbons (Fsp3) is 0.636. The maximum absolute atomic E-state index is 11.1. The summed E-state index contributed by atoms with van der Waals surface area (Å²) >= 11 is 1.38. The molecule has 0 aliphatic carbocycles. The maximum Gasteiger partial charge on any atom is 0.268 e. The van der Waals surface area contributed by atoms with Crippen LogP contribution in [0, 0.1) is 0 Å². The monoisotopic (exact) mass is 272 g/mol. The fourth-order valence-electron chi connectivity index (χ4n) is 1.81. The number of ether oxygens (including phenoxy) is 2. The average molecular weight is 272 g/mol. The van der Waals surface area contributed by atoms with Gasteiger partial charge in [0.25, 0.3) is 5.91 Å². The van der Waals surface area contributed by atoms with E-state index in [4.69, 9.17) is 20.3 Å². The normalized spacial score (nSPS) is 28.2. The van der Waals surface area contributed by atoms with Gasteiger partial charge >= 0.3 is 0 Å². The van der Waals surface area contributed by atoms with Crippen LogP contribution in [0.25, 0.3) is 0 Å². The summed E-state index contributed by atoms with van der Waals surface area (Å²) in [5.41, 5.74) is 5.11. The van der Waals surface area contributed by atoms with Crippen molar-refractivity contribution in [3.8, 4) is 0 Å². The third-order valence-electron chi connectivity index (χ3n) is 3.13. The number of carbonyl (C=O) groups excluding carboxylic acids is 1. The van der Waals surface area contributed by atoms with Crippen LogP contribution in [-0.2, 0) is 14.9 Å². The van der Waals surface area contributed by atoms with Gasteiger partial charge in [0.1, 0.15) is 10.7 Å². The van der Waals surface area contributed by atoms with Crippen molar-refractivity contribution in [1.29, 1.82) is 0 Å². The molecule has 6 nitrogen and oxygen atoms in total. The van der Waals surface area contributed by atoms with Crippen molar-refractivity contribution in [1.82, 2.24) is 4.98 Å². The number of hydrogen-bond donors (Lipinski definition) is 2. The molecule has 2 rings (SSSR count). The summed E-state index contributed by atoms with van der Waals surface area (Å²) in [5.74, 6) is -0.533. The molecule has 0 radical (unpaired) electrons. The molecule has 0 atom stereocenters. The van der Waals surface area contributed by atoms with Crippen molar-refractivity contribution >= 4 is 17.2 Å². The van der Waals surface area contributed by atoms with Crippen LogP contribution in [0.2, 0.25) is 0 Å². The van der Waals surface area contributed by atoms with Crippen molar-refractivity contribution in [2.24, 2.45) is 5.73 Å². The average Bonchev–Trinajstić information content (AvgIpc) is 2.89. The van der Waals surface area contributed by atoms with Crippen LogP contribution in [0.3, 0.4) is 0 Å². The van der Waals surface area contributed by atoms with Crippen LogP contribution < -0.4 is 5.73 Å². The molecule has 3 N–H and O–H groups in total. The first-order valence-corrected chi connectivity index (χ1v) is 6.59. The Labute approximate surface area is 109 Å². The van der Waals surface area contributed by atoms with E-state index in [-0.39, 0.29) is 17.7 Å².